The summed E-state index contributed by atoms with van der Waals surface area (Å²) in [6, 6.07) is 21.0. The van der Waals surface area contributed by atoms with Crippen LogP contribution in [0.4, 0.5) is 0 Å². The van der Waals surface area contributed by atoms with Crippen molar-refractivity contribution in [2.45, 2.75) is 19.4 Å². The molecular formula is C24H18O5. The summed E-state index contributed by atoms with van der Waals surface area (Å²) >= 11 is 0. The molecule has 1 aliphatic rings. The van der Waals surface area contributed by atoms with Crippen molar-refractivity contribution in [1.82, 2.24) is 0 Å². The maximum atomic E-state index is 13.1. The quantitative estimate of drug-likeness (QED) is 0.502. The average molecular weight is 386 g/mol. The van der Waals surface area contributed by atoms with Gasteiger partial charge in [0.05, 0.1) is 0 Å². The highest BCUT2D eigenvalue weighted by Crippen LogP contribution is 2.47. The Labute approximate surface area is 167 Å². The molecule has 0 atom stereocenters. The first-order valence-corrected chi connectivity index (χ1v) is 9.15. The smallest absolute Gasteiger partial charge is 0.308 e. The van der Waals surface area contributed by atoms with Crippen LogP contribution < -0.4 is 4.74 Å². The van der Waals surface area contributed by atoms with E-state index in [2.05, 4.69) is 0 Å². The number of ketones is 1. The Morgan fingerprint density at radius 2 is 1.24 bits per heavy atom. The van der Waals surface area contributed by atoms with Crippen molar-refractivity contribution in [3.8, 4) is 5.75 Å². The Morgan fingerprint density at radius 1 is 0.724 bits per heavy atom. The van der Waals surface area contributed by atoms with Gasteiger partial charge in [0, 0.05) is 41.7 Å². The Morgan fingerprint density at radius 3 is 1.72 bits per heavy atom. The average Bonchev–Trinajstić information content (AvgIpc) is 2.71. The Kier molecular flexibility index (Phi) is 4.51. The van der Waals surface area contributed by atoms with Crippen LogP contribution >= 0.6 is 0 Å². The van der Waals surface area contributed by atoms with Gasteiger partial charge in [-0.2, -0.15) is 0 Å². The number of ether oxygens (including phenoxy) is 2. The van der Waals surface area contributed by atoms with Crippen LogP contribution in [0.3, 0.4) is 0 Å². The minimum atomic E-state index is -1.29. The lowest BCUT2D eigenvalue weighted by atomic mass is 9.70. The molecule has 0 bridgehead atoms. The molecule has 1 aliphatic carbocycles. The minimum absolute atomic E-state index is 0.115. The summed E-state index contributed by atoms with van der Waals surface area (Å²) in [6.45, 7) is 2.67. The van der Waals surface area contributed by atoms with Gasteiger partial charge in [0.15, 0.2) is 11.4 Å². The first-order chi connectivity index (χ1) is 13.9. The molecule has 0 radical (unpaired) electrons. The molecule has 144 valence electrons. The highest BCUT2D eigenvalue weighted by molar-refractivity contribution is 6.13. The number of esters is 2. The van der Waals surface area contributed by atoms with Crippen molar-refractivity contribution < 1.29 is 23.9 Å². The van der Waals surface area contributed by atoms with Crippen LogP contribution in [0.2, 0.25) is 0 Å². The first kappa shape index (κ1) is 18.6. The molecule has 0 N–H and O–H groups in total. The maximum Gasteiger partial charge on any atom is 0.308 e. The van der Waals surface area contributed by atoms with Crippen LogP contribution in [-0.2, 0) is 19.9 Å². The third kappa shape index (κ3) is 3.01. The molecule has 0 unspecified atom stereocenters. The lowest BCUT2D eigenvalue weighted by Crippen LogP contribution is -2.40. The molecule has 5 heteroatoms. The largest absolute Gasteiger partial charge is 0.444 e. The number of benzene rings is 3. The number of hydrogen-bond donors (Lipinski definition) is 0. The van der Waals surface area contributed by atoms with E-state index in [1.54, 1.807) is 60.7 Å². The Balaban J connectivity index is 2.02. The molecule has 29 heavy (non-hydrogen) atoms. The number of hydrogen-bond acceptors (Lipinski definition) is 5. The summed E-state index contributed by atoms with van der Waals surface area (Å²) < 4.78 is 11.1. The Hall–Kier alpha value is -3.73. The van der Waals surface area contributed by atoms with Crippen LogP contribution in [0.15, 0.2) is 72.8 Å². The zero-order chi connectivity index (χ0) is 20.6. The lowest BCUT2D eigenvalue weighted by Gasteiger charge is -2.39. The molecule has 0 fully saturated rings. The van der Waals surface area contributed by atoms with Gasteiger partial charge in [0.1, 0.15) is 5.75 Å². The monoisotopic (exact) mass is 386 g/mol. The van der Waals surface area contributed by atoms with E-state index < -0.39 is 17.5 Å². The summed E-state index contributed by atoms with van der Waals surface area (Å²) in [6.07, 6.45) is 0. The van der Waals surface area contributed by atoms with Crippen molar-refractivity contribution in [3.63, 3.8) is 0 Å². The van der Waals surface area contributed by atoms with Crippen molar-refractivity contribution in [3.05, 3.63) is 101 Å². The van der Waals surface area contributed by atoms with Crippen LogP contribution in [0.25, 0.3) is 0 Å². The summed E-state index contributed by atoms with van der Waals surface area (Å²) in [5.41, 5.74) is 1.52. The van der Waals surface area contributed by atoms with Crippen molar-refractivity contribution >= 4 is 17.7 Å². The van der Waals surface area contributed by atoms with E-state index in [-0.39, 0.29) is 5.78 Å². The van der Waals surface area contributed by atoms with E-state index in [1.165, 1.54) is 13.8 Å². The van der Waals surface area contributed by atoms with Gasteiger partial charge in [0.2, 0.25) is 0 Å². The van der Waals surface area contributed by atoms with Crippen LogP contribution in [0.1, 0.15) is 46.5 Å². The SMILES string of the molecule is CC(=O)Oc1ccc(C2(OC(C)=O)c3ccccc3C(=O)c3ccccc32)cc1. The number of fused-ring (bicyclic) bond motifs is 2. The summed E-state index contributed by atoms with van der Waals surface area (Å²) in [4.78, 5) is 36.6. The van der Waals surface area contributed by atoms with Crippen LogP contribution in [0.5, 0.6) is 5.75 Å². The normalized spacial score (nSPS) is 13.8. The molecule has 4 rings (SSSR count). The standard InChI is InChI=1S/C24H18O5/c1-15(25)28-18-13-11-17(12-14-18)24(29-16(2)26)21-9-5-3-7-19(21)23(27)20-8-4-6-10-22(20)24/h3-14H,1-2H3. The summed E-state index contributed by atoms with van der Waals surface area (Å²) in [7, 11) is 0. The van der Waals surface area contributed by atoms with Gasteiger partial charge in [0.25, 0.3) is 0 Å². The van der Waals surface area contributed by atoms with Gasteiger partial charge < -0.3 is 9.47 Å². The van der Waals surface area contributed by atoms with Gasteiger partial charge in [-0.25, -0.2) is 0 Å². The molecule has 0 amide bonds. The molecular weight excluding hydrogens is 368 g/mol. The van der Waals surface area contributed by atoms with E-state index >= 15 is 0 Å². The molecule has 3 aromatic rings. The molecule has 0 aliphatic heterocycles. The second kappa shape index (κ2) is 7.02. The van der Waals surface area contributed by atoms with Crippen molar-refractivity contribution in [2.24, 2.45) is 0 Å². The molecule has 0 saturated heterocycles. The third-order valence-electron chi connectivity index (χ3n) is 4.92. The van der Waals surface area contributed by atoms with Crippen molar-refractivity contribution in [1.29, 1.82) is 0 Å². The Bertz CT molecular complexity index is 1080. The topological polar surface area (TPSA) is 69.7 Å². The van der Waals surface area contributed by atoms with Gasteiger partial charge >= 0.3 is 11.9 Å². The number of carbonyl (C=O) groups is 3. The highest BCUT2D eigenvalue weighted by atomic mass is 16.6. The fourth-order valence-electron chi connectivity index (χ4n) is 3.89. The van der Waals surface area contributed by atoms with Crippen LogP contribution in [0, 0.1) is 0 Å². The number of carbonyl (C=O) groups excluding carboxylic acids is 3. The zero-order valence-corrected chi connectivity index (χ0v) is 16.0. The lowest BCUT2D eigenvalue weighted by molar-refractivity contribution is -0.150. The van der Waals surface area contributed by atoms with E-state index in [9.17, 15) is 14.4 Å². The predicted molar refractivity (Wildman–Crippen MR) is 106 cm³/mol. The van der Waals surface area contributed by atoms with Gasteiger partial charge in [-0.3, -0.25) is 14.4 Å². The predicted octanol–water partition coefficient (Wildman–Crippen LogP) is 4.01. The molecule has 0 spiro atoms. The fraction of sp³-hybridized carbons (Fsp3) is 0.125. The second-order valence-electron chi connectivity index (χ2n) is 6.81. The van der Waals surface area contributed by atoms with Crippen molar-refractivity contribution in [2.75, 3.05) is 0 Å². The van der Waals surface area contributed by atoms with E-state index in [0.29, 0.717) is 33.6 Å². The molecule has 0 heterocycles. The highest BCUT2D eigenvalue weighted by Gasteiger charge is 2.47. The number of rotatable bonds is 3. The van der Waals surface area contributed by atoms with E-state index in [4.69, 9.17) is 9.47 Å². The first-order valence-electron chi connectivity index (χ1n) is 9.15. The third-order valence-corrected chi connectivity index (χ3v) is 4.92. The zero-order valence-electron chi connectivity index (χ0n) is 16.0. The van der Waals surface area contributed by atoms with E-state index in [1.807, 2.05) is 12.1 Å². The minimum Gasteiger partial charge on any atom is -0.444 e. The maximum absolute atomic E-state index is 13.1. The molecule has 0 saturated carbocycles. The summed E-state index contributed by atoms with van der Waals surface area (Å²) in [5.74, 6) is -0.636. The van der Waals surface area contributed by atoms with Gasteiger partial charge in [-0.1, -0.05) is 60.7 Å². The second-order valence-corrected chi connectivity index (χ2v) is 6.81. The van der Waals surface area contributed by atoms with E-state index in [0.717, 1.165) is 0 Å². The molecule has 0 aromatic heterocycles. The summed E-state index contributed by atoms with van der Waals surface area (Å²) in [5, 5.41) is 0. The molecule has 3 aromatic carbocycles. The van der Waals surface area contributed by atoms with Crippen LogP contribution in [-0.4, -0.2) is 17.7 Å². The molecule has 5 nitrogen and oxygen atoms in total. The van der Waals surface area contributed by atoms with Gasteiger partial charge in [-0.15, -0.1) is 0 Å². The fourth-order valence-corrected chi connectivity index (χ4v) is 3.89. The van der Waals surface area contributed by atoms with Gasteiger partial charge in [-0.05, 0) is 12.1 Å².